The van der Waals surface area contributed by atoms with Crippen molar-refractivity contribution >= 4 is 48.8 Å². The van der Waals surface area contributed by atoms with E-state index in [4.69, 9.17) is 0 Å². The minimum Gasteiger partial charge on any atom is -0.354 e. The van der Waals surface area contributed by atoms with Gasteiger partial charge in [0.1, 0.15) is 20.2 Å². The molecular weight excluding hydrogens is 582 g/mol. The molecular formula is C25H26F6N4O3S2. The minimum atomic E-state index is -4.84. The third kappa shape index (κ3) is 6.35. The first-order chi connectivity index (χ1) is 18.5. The number of aromatic nitrogens is 2. The molecule has 0 spiro atoms. The second kappa shape index (κ2) is 10.8. The van der Waals surface area contributed by atoms with E-state index in [9.17, 15) is 39.6 Å². The molecule has 1 N–H and O–H groups in total. The van der Waals surface area contributed by atoms with Crippen molar-refractivity contribution in [3.05, 3.63) is 46.6 Å². The van der Waals surface area contributed by atoms with Crippen LogP contribution >= 0.6 is 11.3 Å². The second-order valence-electron chi connectivity index (χ2n) is 9.80. The van der Waals surface area contributed by atoms with Crippen LogP contribution in [-0.4, -0.2) is 60.1 Å². The number of hydrogen-bond acceptors (Lipinski definition) is 7. The number of anilines is 2. The number of halogens is 6. The summed E-state index contributed by atoms with van der Waals surface area (Å²) in [5.41, 5.74) is -0.0623. The number of nitrogens with one attached hydrogen (secondary N) is 1. The van der Waals surface area contributed by atoms with Gasteiger partial charge >= 0.3 is 12.4 Å². The quantitative estimate of drug-likeness (QED) is 0.331. The van der Waals surface area contributed by atoms with Crippen molar-refractivity contribution in [2.75, 3.05) is 23.9 Å². The van der Waals surface area contributed by atoms with E-state index >= 15 is 0 Å². The highest BCUT2D eigenvalue weighted by Gasteiger charge is 2.46. The van der Waals surface area contributed by atoms with E-state index in [1.165, 1.54) is 18.3 Å². The monoisotopic (exact) mass is 608 g/mol. The molecule has 1 aliphatic rings. The topological polar surface area (TPSA) is 92.3 Å². The van der Waals surface area contributed by atoms with E-state index < -0.39 is 46.0 Å². The van der Waals surface area contributed by atoms with Crippen LogP contribution in [0.25, 0.3) is 10.3 Å². The van der Waals surface area contributed by atoms with Gasteiger partial charge in [-0.1, -0.05) is 23.5 Å². The van der Waals surface area contributed by atoms with Gasteiger partial charge in [0.05, 0.1) is 34.3 Å². The number of carbonyl (C=O) groups excluding carboxylic acids is 1. The first kappa shape index (κ1) is 30.0. The summed E-state index contributed by atoms with van der Waals surface area (Å²) in [6.45, 7) is 2.65. The zero-order chi connectivity index (χ0) is 29.6. The number of benzene rings is 1. The smallest absolute Gasteiger partial charge is 0.354 e. The molecule has 1 saturated heterocycles. The molecule has 2 aromatic heterocycles. The van der Waals surface area contributed by atoms with Crippen LogP contribution in [0, 0.1) is 12.8 Å². The van der Waals surface area contributed by atoms with Gasteiger partial charge in [-0.25, -0.2) is 18.4 Å². The highest BCUT2D eigenvalue weighted by molar-refractivity contribution is 7.91. The lowest BCUT2D eigenvalue weighted by molar-refractivity contribution is -0.190. The van der Waals surface area contributed by atoms with Crippen molar-refractivity contribution in [2.24, 2.45) is 5.92 Å². The summed E-state index contributed by atoms with van der Waals surface area (Å²) in [6.07, 6.45) is -8.28. The number of aryl methyl sites for hydroxylation is 1. The highest BCUT2D eigenvalue weighted by Crippen LogP contribution is 2.43. The van der Waals surface area contributed by atoms with E-state index in [0.29, 0.717) is 14.7 Å². The molecule has 3 heterocycles. The Hall–Kier alpha value is -2.94. The van der Waals surface area contributed by atoms with Crippen LogP contribution in [0.4, 0.5) is 37.7 Å². The molecule has 0 aliphatic carbocycles. The van der Waals surface area contributed by atoms with Gasteiger partial charge in [0.25, 0.3) is 0 Å². The average molecular weight is 609 g/mol. The van der Waals surface area contributed by atoms with Crippen LogP contribution in [0.15, 0.2) is 30.5 Å². The molecule has 0 radical (unpaired) electrons. The Morgan fingerprint density at radius 1 is 1.07 bits per heavy atom. The first-order valence-corrected chi connectivity index (χ1v) is 14.9. The first-order valence-electron chi connectivity index (χ1n) is 12.2. The Kier molecular flexibility index (Phi) is 8.11. The highest BCUT2D eigenvalue weighted by atomic mass is 32.2. The maximum Gasteiger partial charge on any atom is 0.413 e. The van der Waals surface area contributed by atoms with Crippen LogP contribution < -0.4 is 5.32 Å². The maximum absolute atomic E-state index is 14.1. The van der Waals surface area contributed by atoms with Crippen LogP contribution in [0.2, 0.25) is 0 Å². The molecule has 0 bridgehead atoms. The lowest BCUT2D eigenvalue weighted by Gasteiger charge is -2.34. The minimum absolute atomic E-state index is 0.0160. The molecule has 1 aromatic carbocycles. The molecule has 1 amide bonds. The third-order valence-corrected chi connectivity index (χ3v) is 9.54. The summed E-state index contributed by atoms with van der Waals surface area (Å²) in [5.74, 6) is -4.06. The normalized spacial score (nSPS) is 17.9. The molecule has 7 nitrogen and oxygen atoms in total. The molecule has 4 rings (SSSR count). The largest absolute Gasteiger partial charge is 0.413 e. The summed E-state index contributed by atoms with van der Waals surface area (Å²) in [4.78, 5) is 22.2. The van der Waals surface area contributed by atoms with E-state index in [1.54, 1.807) is 6.92 Å². The van der Waals surface area contributed by atoms with E-state index in [2.05, 4.69) is 15.3 Å². The fraction of sp³-hybridized carbons (Fsp3) is 0.480. The number of sulfone groups is 1. The predicted octanol–water partition coefficient (Wildman–Crippen LogP) is 6.30. The van der Waals surface area contributed by atoms with Crippen molar-refractivity contribution in [1.82, 2.24) is 14.9 Å². The van der Waals surface area contributed by atoms with Crippen molar-refractivity contribution in [3.63, 3.8) is 0 Å². The van der Waals surface area contributed by atoms with Gasteiger partial charge in [-0.3, -0.25) is 4.79 Å². The molecule has 3 aromatic rings. The molecule has 0 saturated carbocycles. The van der Waals surface area contributed by atoms with Gasteiger partial charge in [0.2, 0.25) is 5.91 Å². The Morgan fingerprint density at radius 2 is 1.68 bits per heavy atom. The van der Waals surface area contributed by atoms with E-state index in [1.807, 2.05) is 0 Å². The lowest BCUT2D eigenvalue weighted by atomic mass is 9.97. The molecule has 0 unspecified atom stereocenters. The molecule has 218 valence electrons. The van der Waals surface area contributed by atoms with Gasteiger partial charge in [-0.2, -0.15) is 26.3 Å². The molecule has 2 atom stereocenters. The van der Waals surface area contributed by atoms with Crippen LogP contribution in [0.1, 0.15) is 47.9 Å². The Bertz CT molecular complexity index is 1490. The van der Waals surface area contributed by atoms with Gasteiger partial charge in [0.15, 0.2) is 6.04 Å². The molecule has 1 fully saturated rings. The Morgan fingerprint density at radius 3 is 2.23 bits per heavy atom. The number of nitrogens with zero attached hydrogens (tertiary/aromatic N) is 3. The summed E-state index contributed by atoms with van der Waals surface area (Å²) in [7, 11) is -2.28. The Balaban J connectivity index is 1.62. The standard InChI is InChI=1S/C25H26F6N4O3S2/c1-13(24(26,27)28)19-18(12-32-22-20(19)33-14(2)39-22)34-17-6-4-15(5-7-17)21(25(29,30)31)35(3)23(36)16-8-10-40(37,38)11-9-16/h4-7,12-13,16,21,34H,8-11H2,1-3H3/t13-,21+/m1/s1. The molecule has 15 heteroatoms. The molecule has 40 heavy (non-hydrogen) atoms. The zero-order valence-electron chi connectivity index (χ0n) is 21.6. The van der Waals surface area contributed by atoms with E-state index in [0.717, 1.165) is 37.4 Å². The van der Waals surface area contributed by atoms with Crippen LogP contribution in [0.3, 0.4) is 0 Å². The number of pyridine rings is 1. The number of alkyl halides is 6. The van der Waals surface area contributed by atoms with Crippen molar-refractivity contribution < 1.29 is 39.6 Å². The van der Waals surface area contributed by atoms with Gasteiger partial charge in [0, 0.05) is 24.2 Å². The third-order valence-electron chi connectivity index (χ3n) is 6.95. The summed E-state index contributed by atoms with van der Waals surface area (Å²) >= 11 is 1.15. The Labute approximate surface area is 230 Å². The SMILES string of the molecule is Cc1nc2c([C@@H](C)C(F)(F)F)c(Nc3ccc([C@H](N(C)C(=O)C4CCS(=O)(=O)CC4)C(F)(F)F)cc3)cnc2s1. The molecule has 1 aliphatic heterocycles. The van der Waals surface area contributed by atoms with Crippen molar-refractivity contribution in [1.29, 1.82) is 0 Å². The van der Waals surface area contributed by atoms with Crippen molar-refractivity contribution in [3.8, 4) is 0 Å². The van der Waals surface area contributed by atoms with Crippen LogP contribution in [0.5, 0.6) is 0 Å². The number of amides is 1. The maximum atomic E-state index is 14.1. The number of thiazole rings is 1. The lowest BCUT2D eigenvalue weighted by Crippen LogP contribution is -2.44. The number of carbonyl (C=O) groups is 1. The van der Waals surface area contributed by atoms with Gasteiger partial charge < -0.3 is 10.2 Å². The fourth-order valence-corrected chi connectivity index (χ4v) is 7.06. The zero-order valence-corrected chi connectivity index (χ0v) is 23.2. The van der Waals surface area contributed by atoms with Crippen LogP contribution in [-0.2, 0) is 14.6 Å². The number of rotatable bonds is 6. The van der Waals surface area contributed by atoms with Gasteiger partial charge in [-0.15, -0.1) is 0 Å². The number of fused-ring (bicyclic) bond motifs is 1. The van der Waals surface area contributed by atoms with Gasteiger partial charge in [-0.05, 0) is 44.4 Å². The summed E-state index contributed by atoms with van der Waals surface area (Å²) in [6, 6.07) is 2.53. The average Bonchev–Trinajstić information content (AvgIpc) is 3.23. The predicted molar refractivity (Wildman–Crippen MR) is 139 cm³/mol. The fourth-order valence-electron chi connectivity index (χ4n) is 4.79. The summed E-state index contributed by atoms with van der Waals surface area (Å²) < 4.78 is 107. The second-order valence-corrected chi connectivity index (χ2v) is 13.3. The summed E-state index contributed by atoms with van der Waals surface area (Å²) in [5, 5.41) is 3.36. The number of hydrogen-bond donors (Lipinski definition) is 1. The van der Waals surface area contributed by atoms with E-state index in [-0.39, 0.29) is 52.4 Å². The van der Waals surface area contributed by atoms with Crippen molar-refractivity contribution in [2.45, 2.75) is 51.0 Å².